The number of ether oxygens (including phenoxy) is 2. The maximum atomic E-state index is 12.3. The number of hydrogen-bond acceptors (Lipinski definition) is 4. The fraction of sp³-hybridized carbons (Fsp3) is 1.00. The minimum absolute atomic E-state index is 0.267. The largest absolute Gasteiger partial charge is 0.616 e. The van der Waals surface area contributed by atoms with Crippen molar-refractivity contribution in [2.45, 2.75) is 56.3 Å². The van der Waals surface area contributed by atoms with Crippen LogP contribution in [0.1, 0.15) is 33.6 Å². The van der Waals surface area contributed by atoms with Crippen LogP contribution in [0.15, 0.2) is 0 Å². The van der Waals surface area contributed by atoms with Gasteiger partial charge in [-0.1, -0.05) is 20.8 Å². The second-order valence-electron chi connectivity index (χ2n) is 8.35. The average molecular weight is 359 g/mol. The summed E-state index contributed by atoms with van der Waals surface area (Å²) >= 11 is 1.49. The molecule has 0 bridgehead atoms. The van der Waals surface area contributed by atoms with Gasteiger partial charge in [-0.25, -0.2) is 0 Å². The minimum Gasteiger partial charge on any atom is -0.616 e. The van der Waals surface area contributed by atoms with Crippen LogP contribution in [-0.4, -0.2) is 52.0 Å². The number of rotatable bonds is 4. The Labute approximate surface area is 147 Å². The first-order chi connectivity index (χ1) is 11.1. The molecule has 4 rings (SSSR count). The lowest BCUT2D eigenvalue weighted by atomic mass is 9.80. The molecule has 0 radical (unpaired) electrons. The highest BCUT2D eigenvalue weighted by atomic mass is 32.2. The van der Waals surface area contributed by atoms with Crippen molar-refractivity contribution >= 4 is 22.9 Å². The second-order valence-corrected chi connectivity index (χ2v) is 11.3. The molecule has 9 unspecified atom stereocenters. The normalized spacial score (nSPS) is 50.5. The van der Waals surface area contributed by atoms with E-state index in [-0.39, 0.29) is 6.10 Å². The Morgan fingerprint density at radius 1 is 1.17 bits per heavy atom. The molecule has 0 spiro atoms. The molecule has 5 heteroatoms. The Hall–Kier alpha value is 0.580. The first kappa shape index (κ1) is 17.0. The van der Waals surface area contributed by atoms with E-state index in [1.165, 1.54) is 12.2 Å². The molecular formula is C18H30O3S2. The number of fused-ring (bicyclic) bond motifs is 2. The summed E-state index contributed by atoms with van der Waals surface area (Å²) in [5, 5.41) is 1.01. The average Bonchev–Trinajstić information content (AvgIpc) is 3.22. The van der Waals surface area contributed by atoms with Gasteiger partial charge >= 0.3 is 0 Å². The summed E-state index contributed by atoms with van der Waals surface area (Å²) in [4.78, 5) is 0. The number of thioether (sulfide) groups is 1. The molecule has 0 aliphatic carbocycles. The lowest BCUT2D eigenvalue weighted by Gasteiger charge is -2.26. The molecule has 0 aromatic carbocycles. The van der Waals surface area contributed by atoms with E-state index in [2.05, 4.69) is 32.5 Å². The molecule has 0 saturated carbocycles. The highest BCUT2D eigenvalue weighted by Crippen LogP contribution is 2.49. The van der Waals surface area contributed by atoms with E-state index in [0.29, 0.717) is 34.4 Å². The van der Waals surface area contributed by atoms with Gasteiger partial charge in [-0.05, 0) is 47.0 Å². The zero-order valence-electron chi connectivity index (χ0n) is 14.5. The van der Waals surface area contributed by atoms with Crippen molar-refractivity contribution in [1.82, 2.24) is 0 Å². The molecule has 0 N–H and O–H groups in total. The van der Waals surface area contributed by atoms with E-state index in [9.17, 15) is 4.55 Å². The van der Waals surface area contributed by atoms with Gasteiger partial charge in [-0.15, -0.1) is 0 Å². The van der Waals surface area contributed by atoms with Gasteiger partial charge in [0.15, 0.2) is 0 Å². The summed E-state index contributed by atoms with van der Waals surface area (Å²) in [6.45, 7) is 8.77. The fourth-order valence-electron chi connectivity index (χ4n) is 5.20. The molecule has 0 aromatic rings. The second kappa shape index (κ2) is 6.71. The van der Waals surface area contributed by atoms with Crippen LogP contribution in [0.25, 0.3) is 0 Å². The third-order valence-corrected chi connectivity index (χ3v) is 10.2. The Bertz CT molecular complexity index is 432. The van der Waals surface area contributed by atoms with Gasteiger partial charge in [0, 0.05) is 17.6 Å². The van der Waals surface area contributed by atoms with Crippen molar-refractivity contribution in [1.29, 1.82) is 0 Å². The van der Waals surface area contributed by atoms with Crippen molar-refractivity contribution < 1.29 is 14.0 Å². The predicted molar refractivity (Wildman–Crippen MR) is 96.2 cm³/mol. The zero-order chi connectivity index (χ0) is 16.1. The summed E-state index contributed by atoms with van der Waals surface area (Å²) in [5.41, 5.74) is 0. The fourth-order valence-corrected chi connectivity index (χ4v) is 9.24. The van der Waals surface area contributed by atoms with E-state index >= 15 is 0 Å². The Morgan fingerprint density at radius 2 is 2.00 bits per heavy atom. The highest BCUT2D eigenvalue weighted by molar-refractivity contribution is 8.00. The predicted octanol–water partition coefficient (Wildman–Crippen LogP) is 2.95. The molecular weight excluding hydrogens is 328 g/mol. The van der Waals surface area contributed by atoms with Crippen molar-refractivity contribution in [2.24, 2.45) is 29.6 Å². The topological polar surface area (TPSA) is 41.5 Å². The summed E-state index contributed by atoms with van der Waals surface area (Å²) in [7, 11) is 0. The van der Waals surface area contributed by atoms with Crippen LogP contribution in [0.3, 0.4) is 0 Å². The van der Waals surface area contributed by atoms with E-state index in [4.69, 9.17) is 9.47 Å². The van der Waals surface area contributed by atoms with Crippen molar-refractivity contribution in [2.75, 3.05) is 24.7 Å². The molecule has 9 atom stereocenters. The van der Waals surface area contributed by atoms with E-state index in [1.54, 1.807) is 0 Å². The van der Waals surface area contributed by atoms with Crippen LogP contribution >= 0.6 is 11.8 Å². The minimum atomic E-state index is -0.661. The molecule has 0 aromatic heterocycles. The van der Waals surface area contributed by atoms with Crippen LogP contribution in [-0.2, 0) is 20.6 Å². The summed E-state index contributed by atoms with van der Waals surface area (Å²) in [6, 6.07) is 0. The van der Waals surface area contributed by atoms with Crippen molar-refractivity contribution in [3.63, 3.8) is 0 Å². The first-order valence-corrected chi connectivity index (χ1v) is 11.7. The van der Waals surface area contributed by atoms with Crippen LogP contribution < -0.4 is 0 Å². The van der Waals surface area contributed by atoms with E-state index < -0.39 is 11.2 Å². The summed E-state index contributed by atoms with van der Waals surface area (Å²) in [5.74, 6) is 5.34. The maximum absolute atomic E-state index is 12.3. The quantitative estimate of drug-likeness (QED) is 0.725. The monoisotopic (exact) mass is 358 g/mol. The molecule has 4 fully saturated rings. The van der Waals surface area contributed by atoms with Gasteiger partial charge in [0.2, 0.25) is 0 Å². The van der Waals surface area contributed by atoms with Crippen LogP contribution in [0, 0.1) is 29.6 Å². The smallest absolute Gasteiger partial charge is 0.144 e. The molecule has 3 nitrogen and oxygen atoms in total. The Morgan fingerprint density at radius 3 is 2.78 bits per heavy atom. The molecule has 4 aliphatic rings. The molecule has 4 aliphatic heterocycles. The third-order valence-electron chi connectivity index (χ3n) is 6.65. The number of hydrogen-bond donors (Lipinski definition) is 0. The first-order valence-electron chi connectivity index (χ1n) is 9.28. The van der Waals surface area contributed by atoms with E-state index in [1.807, 2.05) is 0 Å². The van der Waals surface area contributed by atoms with Gasteiger partial charge in [0.05, 0.1) is 19.3 Å². The third kappa shape index (κ3) is 2.99. The molecule has 23 heavy (non-hydrogen) atoms. The Kier molecular flexibility index (Phi) is 4.97. The van der Waals surface area contributed by atoms with Gasteiger partial charge in [0.25, 0.3) is 0 Å². The van der Waals surface area contributed by atoms with Crippen LogP contribution in [0.2, 0.25) is 0 Å². The van der Waals surface area contributed by atoms with Gasteiger partial charge in [0.1, 0.15) is 17.1 Å². The van der Waals surface area contributed by atoms with E-state index in [0.717, 1.165) is 37.2 Å². The van der Waals surface area contributed by atoms with Gasteiger partial charge < -0.3 is 14.0 Å². The lowest BCUT2D eigenvalue weighted by molar-refractivity contribution is 0.0479. The van der Waals surface area contributed by atoms with Gasteiger partial charge in [-0.2, -0.15) is 11.8 Å². The van der Waals surface area contributed by atoms with Crippen molar-refractivity contribution in [3.8, 4) is 0 Å². The molecule has 4 saturated heterocycles. The molecule has 4 heterocycles. The molecule has 132 valence electrons. The van der Waals surface area contributed by atoms with Crippen LogP contribution in [0.5, 0.6) is 0 Å². The SMILES string of the molecule is CC(C)C1CSC2C(CC(C)C3C[S+]([O-])C4CCOC34)COC12. The Balaban J connectivity index is 1.37. The zero-order valence-corrected chi connectivity index (χ0v) is 16.1. The highest BCUT2D eigenvalue weighted by Gasteiger charge is 2.53. The lowest BCUT2D eigenvalue weighted by Crippen LogP contribution is -2.31. The maximum Gasteiger partial charge on any atom is 0.144 e. The summed E-state index contributed by atoms with van der Waals surface area (Å²) < 4.78 is 24.5. The summed E-state index contributed by atoms with van der Waals surface area (Å²) in [6.07, 6.45) is 2.96. The molecule has 0 amide bonds. The van der Waals surface area contributed by atoms with Crippen LogP contribution in [0.4, 0.5) is 0 Å². The van der Waals surface area contributed by atoms with Crippen molar-refractivity contribution in [3.05, 3.63) is 0 Å². The van der Waals surface area contributed by atoms with Gasteiger partial charge in [-0.3, -0.25) is 0 Å². The standard InChI is InChI=1S/C18H30O3S2/c1-10(2)13-8-22-18-12(7-21-17(13)18)6-11(3)14-9-23(19)15-4-5-20-16(14)15/h10-18H,4-9H2,1-3H3.